The van der Waals surface area contributed by atoms with E-state index in [0.717, 1.165) is 32.3 Å². The van der Waals surface area contributed by atoms with Gasteiger partial charge >= 0.3 is 11.8 Å². The zero-order valence-corrected chi connectivity index (χ0v) is 9.93. The Morgan fingerprint density at radius 2 is 1.94 bits per heavy atom. The molecule has 0 bridgehead atoms. The van der Waals surface area contributed by atoms with E-state index in [-0.39, 0.29) is 17.9 Å². The molecule has 2 amide bonds. The van der Waals surface area contributed by atoms with Crippen LogP contribution >= 0.6 is 0 Å². The van der Waals surface area contributed by atoms with Crippen LogP contribution in [-0.4, -0.2) is 60.0 Å². The molecule has 17 heavy (non-hydrogen) atoms. The minimum atomic E-state index is -0.335. The van der Waals surface area contributed by atoms with E-state index in [0.29, 0.717) is 25.7 Å². The van der Waals surface area contributed by atoms with E-state index >= 15 is 0 Å². The van der Waals surface area contributed by atoms with Crippen molar-refractivity contribution >= 4 is 11.8 Å². The lowest BCUT2D eigenvalue weighted by molar-refractivity contribution is -0.157. The summed E-state index contributed by atoms with van der Waals surface area (Å²) in [7, 11) is 0. The highest BCUT2D eigenvalue weighted by atomic mass is 16.5. The number of ether oxygens (including phenoxy) is 1. The van der Waals surface area contributed by atoms with Crippen molar-refractivity contribution in [2.45, 2.75) is 37.8 Å². The highest BCUT2D eigenvalue weighted by Gasteiger charge is 2.41. The lowest BCUT2D eigenvalue weighted by atomic mass is 10.2. The summed E-state index contributed by atoms with van der Waals surface area (Å²) in [5.41, 5.74) is 0. The van der Waals surface area contributed by atoms with Gasteiger partial charge in [0.25, 0.3) is 0 Å². The number of piperazine rings is 1. The molecule has 2 aliphatic heterocycles. The van der Waals surface area contributed by atoms with Gasteiger partial charge in [0.05, 0.1) is 6.10 Å². The van der Waals surface area contributed by atoms with E-state index in [1.54, 1.807) is 9.80 Å². The Hall–Kier alpha value is -1.10. The maximum Gasteiger partial charge on any atom is 0.312 e. The molecule has 1 saturated carbocycles. The summed E-state index contributed by atoms with van der Waals surface area (Å²) in [6, 6.07) is 0.344. The lowest BCUT2D eigenvalue weighted by Gasteiger charge is -2.34. The number of hydrogen-bond acceptors (Lipinski definition) is 3. The maximum atomic E-state index is 11.9. The highest BCUT2D eigenvalue weighted by Crippen LogP contribution is 2.28. The molecule has 1 unspecified atom stereocenters. The third-order valence-corrected chi connectivity index (χ3v) is 3.78. The van der Waals surface area contributed by atoms with E-state index in [1.165, 1.54) is 0 Å². The first-order valence-electron chi connectivity index (χ1n) is 6.47. The van der Waals surface area contributed by atoms with Gasteiger partial charge in [-0.1, -0.05) is 0 Å². The predicted octanol–water partition coefficient (Wildman–Crippen LogP) is -0.00140. The third-order valence-electron chi connectivity index (χ3n) is 3.78. The molecule has 2 saturated heterocycles. The van der Waals surface area contributed by atoms with Gasteiger partial charge in [0.15, 0.2) is 0 Å². The summed E-state index contributed by atoms with van der Waals surface area (Å²) in [5.74, 6) is -0.643. The van der Waals surface area contributed by atoms with Crippen LogP contribution in [0, 0.1) is 0 Å². The van der Waals surface area contributed by atoms with Crippen molar-refractivity contribution in [1.29, 1.82) is 0 Å². The highest BCUT2D eigenvalue weighted by molar-refractivity contribution is 6.35. The van der Waals surface area contributed by atoms with Crippen LogP contribution in [0.1, 0.15) is 25.7 Å². The summed E-state index contributed by atoms with van der Waals surface area (Å²) in [4.78, 5) is 27.2. The van der Waals surface area contributed by atoms with Crippen molar-refractivity contribution < 1.29 is 14.3 Å². The molecule has 5 nitrogen and oxygen atoms in total. The molecule has 0 aromatic rings. The van der Waals surface area contributed by atoms with Gasteiger partial charge in [0.1, 0.15) is 0 Å². The molecule has 0 radical (unpaired) electrons. The molecule has 0 spiro atoms. The van der Waals surface area contributed by atoms with Crippen molar-refractivity contribution in [1.82, 2.24) is 9.80 Å². The first kappa shape index (κ1) is 11.0. The molecule has 0 N–H and O–H groups in total. The molecule has 0 aromatic carbocycles. The van der Waals surface area contributed by atoms with Gasteiger partial charge in [-0.05, 0) is 25.7 Å². The summed E-state index contributed by atoms with van der Waals surface area (Å²) < 4.78 is 5.51. The fraction of sp³-hybridized carbons (Fsp3) is 0.833. The number of nitrogens with zero attached hydrogens (tertiary/aromatic N) is 2. The van der Waals surface area contributed by atoms with Crippen LogP contribution in [0.15, 0.2) is 0 Å². The van der Waals surface area contributed by atoms with E-state index in [9.17, 15) is 9.59 Å². The molecule has 0 aromatic heterocycles. The quantitative estimate of drug-likeness (QED) is 0.650. The lowest BCUT2D eigenvalue weighted by Crippen LogP contribution is -2.56. The molecular formula is C12H18N2O3. The molecule has 3 fully saturated rings. The van der Waals surface area contributed by atoms with Gasteiger partial charge in [-0.3, -0.25) is 9.59 Å². The van der Waals surface area contributed by atoms with Crippen LogP contribution in [0.3, 0.4) is 0 Å². The van der Waals surface area contributed by atoms with Gasteiger partial charge in [0, 0.05) is 32.3 Å². The summed E-state index contributed by atoms with van der Waals surface area (Å²) in [6.45, 7) is 2.74. The van der Waals surface area contributed by atoms with Gasteiger partial charge in [-0.2, -0.15) is 0 Å². The van der Waals surface area contributed by atoms with Crippen LogP contribution in [-0.2, 0) is 14.3 Å². The SMILES string of the molecule is O=C1C(=O)N(C2CC2)CCN1CC1CCCO1. The molecular weight excluding hydrogens is 220 g/mol. The van der Waals surface area contributed by atoms with Crippen LogP contribution in [0.4, 0.5) is 0 Å². The minimum absolute atomic E-state index is 0.138. The fourth-order valence-electron chi connectivity index (χ4n) is 2.63. The van der Waals surface area contributed by atoms with Gasteiger partial charge in [-0.15, -0.1) is 0 Å². The largest absolute Gasteiger partial charge is 0.376 e. The van der Waals surface area contributed by atoms with Crippen LogP contribution in [0.25, 0.3) is 0 Å². The molecule has 2 heterocycles. The van der Waals surface area contributed by atoms with Crippen molar-refractivity contribution in [3.8, 4) is 0 Å². The molecule has 3 aliphatic rings. The Labute approximate surface area is 101 Å². The number of hydrogen-bond donors (Lipinski definition) is 0. The average Bonchev–Trinajstić information content (AvgIpc) is 3.03. The molecule has 3 rings (SSSR count). The van der Waals surface area contributed by atoms with Gasteiger partial charge in [-0.25, -0.2) is 0 Å². The van der Waals surface area contributed by atoms with E-state index in [2.05, 4.69) is 0 Å². The van der Waals surface area contributed by atoms with Gasteiger partial charge < -0.3 is 14.5 Å². The van der Waals surface area contributed by atoms with Crippen LogP contribution in [0.5, 0.6) is 0 Å². The molecule has 1 atom stereocenters. The number of rotatable bonds is 3. The van der Waals surface area contributed by atoms with Crippen LogP contribution in [0.2, 0.25) is 0 Å². The Morgan fingerprint density at radius 1 is 1.12 bits per heavy atom. The van der Waals surface area contributed by atoms with Gasteiger partial charge in [0.2, 0.25) is 0 Å². The fourth-order valence-corrected chi connectivity index (χ4v) is 2.63. The Morgan fingerprint density at radius 3 is 2.59 bits per heavy atom. The maximum absolute atomic E-state index is 11.9. The van der Waals surface area contributed by atoms with E-state index in [1.807, 2.05) is 0 Å². The molecule has 5 heteroatoms. The predicted molar refractivity (Wildman–Crippen MR) is 60.3 cm³/mol. The minimum Gasteiger partial charge on any atom is -0.376 e. The van der Waals surface area contributed by atoms with Crippen LogP contribution < -0.4 is 0 Å². The first-order valence-corrected chi connectivity index (χ1v) is 6.47. The van der Waals surface area contributed by atoms with E-state index < -0.39 is 0 Å². The number of amides is 2. The summed E-state index contributed by atoms with van der Waals surface area (Å²) in [5, 5.41) is 0. The smallest absolute Gasteiger partial charge is 0.312 e. The first-order chi connectivity index (χ1) is 8.25. The van der Waals surface area contributed by atoms with E-state index in [4.69, 9.17) is 4.74 Å². The second kappa shape index (κ2) is 4.29. The standard InChI is InChI=1S/C12H18N2O3/c15-11-12(16)14(9-3-4-9)6-5-13(11)8-10-2-1-7-17-10/h9-10H,1-8H2. The van der Waals surface area contributed by atoms with Crippen molar-refractivity contribution in [2.75, 3.05) is 26.2 Å². The second-order valence-corrected chi connectivity index (χ2v) is 5.12. The zero-order chi connectivity index (χ0) is 11.8. The Bertz CT molecular complexity index is 335. The van der Waals surface area contributed by atoms with Crippen molar-refractivity contribution in [3.63, 3.8) is 0 Å². The summed E-state index contributed by atoms with van der Waals surface area (Å²) in [6.07, 6.45) is 4.33. The van der Waals surface area contributed by atoms with Crippen molar-refractivity contribution in [2.24, 2.45) is 0 Å². The number of carbonyl (C=O) groups is 2. The average molecular weight is 238 g/mol. The third kappa shape index (κ3) is 2.16. The molecule has 94 valence electrons. The zero-order valence-electron chi connectivity index (χ0n) is 9.93. The second-order valence-electron chi connectivity index (χ2n) is 5.12. The monoisotopic (exact) mass is 238 g/mol. The molecule has 1 aliphatic carbocycles. The topological polar surface area (TPSA) is 49.9 Å². The Kier molecular flexibility index (Phi) is 2.78. The summed E-state index contributed by atoms with van der Waals surface area (Å²) >= 11 is 0. The Balaban J connectivity index is 1.59. The van der Waals surface area contributed by atoms with Crippen molar-refractivity contribution in [3.05, 3.63) is 0 Å². The number of carbonyl (C=O) groups excluding carboxylic acids is 2. The normalized spacial score (nSPS) is 30.2.